The number of benzene rings is 2. The molecule has 0 radical (unpaired) electrons. The van der Waals surface area contributed by atoms with Crippen molar-refractivity contribution in [2.75, 3.05) is 13.6 Å². The Kier molecular flexibility index (Phi) is 2.69. The predicted octanol–water partition coefficient (Wildman–Crippen LogP) is 2.37. The Balaban J connectivity index is 2.17. The number of rotatable bonds is 1. The zero-order chi connectivity index (χ0) is 12.6. The second kappa shape index (κ2) is 4.23. The van der Waals surface area contributed by atoms with Gasteiger partial charge in [0.2, 0.25) is 0 Å². The molecule has 0 aliphatic carbocycles. The quantitative estimate of drug-likeness (QED) is 0.826. The molecule has 1 aliphatic rings. The van der Waals surface area contributed by atoms with Crippen LogP contribution < -0.4 is 0 Å². The van der Waals surface area contributed by atoms with Gasteiger partial charge in [0.05, 0.1) is 0 Å². The van der Waals surface area contributed by atoms with Crippen LogP contribution in [-0.2, 0) is 12.1 Å². The molecule has 1 N–H and O–H groups in total. The van der Waals surface area contributed by atoms with Gasteiger partial charge in [0, 0.05) is 13.1 Å². The molecule has 1 atom stereocenters. The highest BCUT2D eigenvalue weighted by atomic mass is 16.3. The summed E-state index contributed by atoms with van der Waals surface area (Å²) in [5, 5.41) is 11.1. The Morgan fingerprint density at radius 3 is 2.44 bits per heavy atom. The number of aliphatic hydroxyl groups is 1. The minimum Gasteiger partial charge on any atom is -0.379 e. The molecule has 1 heterocycles. The van der Waals surface area contributed by atoms with E-state index in [9.17, 15) is 5.11 Å². The van der Waals surface area contributed by atoms with Crippen LogP contribution in [0.5, 0.6) is 0 Å². The summed E-state index contributed by atoms with van der Waals surface area (Å²) in [6, 6.07) is 18.1. The van der Waals surface area contributed by atoms with Crippen LogP contribution in [0.1, 0.15) is 16.7 Å². The van der Waals surface area contributed by atoms with Crippen molar-refractivity contribution in [2.24, 2.45) is 0 Å². The van der Waals surface area contributed by atoms with Crippen LogP contribution >= 0.6 is 0 Å². The van der Waals surface area contributed by atoms with E-state index in [0.717, 1.165) is 17.7 Å². The lowest BCUT2D eigenvalue weighted by Gasteiger charge is -2.39. The third kappa shape index (κ3) is 1.74. The standard InChI is InChI=1S/C16H17NO/c1-17-11-13-7-5-6-10-15(13)16(18,12-17)14-8-3-2-4-9-14/h2-10,18H,11-12H2,1H3/t16-/m1/s1. The molecule has 1 aliphatic heterocycles. The van der Waals surface area contributed by atoms with E-state index >= 15 is 0 Å². The van der Waals surface area contributed by atoms with Crippen molar-refractivity contribution in [1.29, 1.82) is 0 Å². The maximum Gasteiger partial charge on any atom is 0.128 e. The van der Waals surface area contributed by atoms with Gasteiger partial charge in [-0.2, -0.15) is 0 Å². The van der Waals surface area contributed by atoms with Crippen molar-refractivity contribution >= 4 is 0 Å². The number of β-amino-alcohol motifs (C(OH)–C–C–N with tert-alkyl or cyclic N) is 1. The molecule has 2 aromatic rings. The number of hydrogen-bond donors (Lipinski definition) is 1. The van der Waals surface area contributed by atoms with Crippen molar-refractivity contribution in [3.8, 4) is 0 Å². The highest BCUT2D eigenvalue weighted by Crippen LogP contribution is 2.36. The second-order valence-corrected chi connectivity index (χ2v) is 5.06. The Hall–Kier alpha value is -1.64. The number of likely N-dealkylation sites (N-methyl/N-ethyl adjacent to an activating group) is 1. The first-order valence-electron chi connectivity index (χ1n) is 6.25. The largest absolute Gasteiger partial charge is 0.379 e. The van der Waals surface area contributed by atoms with Gasteiger partial charge in [-0.25, -0.2) is 0 Å². The Morgan fingerprint density at radius 2 is 1.67 bits per heavy atom. The monoisotopic (exact) mass is 239 g/mol. The summed E-state index contributed by atoms with van der Waals surface area (Å²) in [5.74, 6) is 0. The lowest BCUT2D eigenvalue weighted by Crippen LogP contribution is -2.44. The van der Waals surface area contributed by atoms with Crippen LogP contribution in [0.15, 0.2) is 54.6 Å². The summed E-state index contributed by atoms with van der Waals surface area (Å²) in [4.78, 5) is 2.16. The first-order chi connectivity index (χ1) is 8.70. The summed E-state index contributed by atoms with van der Waals surface area (Å²) in [5.41, 5.74) is 2.31. The molecule has 2 aromatic carbocycles. The fourth-order valence-corrected chi connectivity index (χ4v) is 2.84. The van der Waals surface area contributed by atoms with Gasteiger partial charge in [0.25, 0.3) is 0 Å². The topological polar surface area (TPSA) is 23.5 Å². The van der Waals surface area contributed by atoms with E-state index in [2.05, 4.69) is 11.0 Å². The molecule has 0 fully saturated rings. The van der Waals surface area contributed by atoms with Crippen molar-refractivity contribution in [2.45, 2.75) is 12.1 Å². The van der Waals surface area contributed by atoms with E-state index in [4.69, 9.17) is 0 Å². The van der Waals surface area contributed by atoms with E-state index in [1.165, 1.54) is 5.56 Å². The number of nitrogens with zero attached hydrogens (tertiary/aromatic N) is 1. The van der Waals surface area contributed by atoms with Crippen LogP contribution in [0.25, 0.3) is 0 Å². The Labute approximate surface area is 107 Å². The molecule has 2 nitrogen and oxygen atoms in total. The second-order valence-electron chi connectivity index (χ2n) is 5.06. The summed E-state index contributed by atoms with van der Waals surface area (Å²) >= 11 is 0. The summed E-state index contributed by atoms with van der Waals surface area (Å²) in [7, 11) is 2.05. The van der Waals surface area contributed by atoms with Crippen LogP contribution in [0.2, 0.25) is 0 Å². The molecular formula is C16H17NO. The molecule has 0 spiro atoms. The minimum absolute atomic E-state index is 0.633. The molecule has 18 heavy (non-hydrogen) atoms. The highest BCUT2D eigenvalue weighted by molar-refractivity contribution is 5.43. The average molecular weight is 239 g/mol. The van der Waals surface area contributed by atoms with E-state index in [-0.39, 0.29) is 0 Å². The van der Waals surface area contributed by atoms with Crippen molar-refractivity contribution in [3.05, 3.63) is 71.3 Å². The third-order valence-electron chi connectivity index (χ3n) is 3.65. The van der Waals surface area contributed by atoms with Gasteiger partial charge in [-0.15, -0.1) is 0 Å². The first-order valence-corrected chi connectivity index (χ1v) is 6.25. The van der Waals surface area contributed by atoms with E-state index < -0.39 is 5.60 Å². The minimum atomic E-state index is -0.898. The molecule has 0 amide bonds. The lowest BCUT2D eigenvalue weighted by atomic mass is 9.80. The molecule has 0 bridgehead atoms. The number of fused-ring (bicyclic) bond motifs is 1. The normalized spacial score (nSPS) is 23.7. The summed E-state index contributed by atoms with van der Waals surface area (Å²) < 4.78 is 0. The van der Waals surface area contributed by atoms with E-state index in [0.29, 0.717) is 6.54 Å². The molecular weight excluding hydrogens is 222 g/mol. The van der Waals surface area contributed by atoms with Gasteiger partial charge in [-0.1, -0.05) is 54.6 Å². The molecule has 3 rings (SSSR count). The van der Waals surface area contributed by atoms with Gasteiger partial charge >= 0.3 is 0 Å². The van der Waals surface area contributed by atoms with E-state index in [1.807, 2.05) is 55.6 Å². The van der Waals surface area contributed by atoms with Crippen LogP contribution in [0.4, 0.5) is 0 Å². The number of hydrogen-bond acceptors (Lipinski definition) is 2. The molecule has 0 unspecified atom stereocenters. The summed E-state index contributed by atoms with van der Waals surface area (Å²) in [6.07, 6.45) is 0. The van der Waals surface area contributed by atoms with Crippen molar-refractivity contribution in [1.82, 2.24) is 4.90 Å². The molecule has 2 heteroatoms. The van der Waals surface area contributed by atoms with Crippen LogP contribution in [0.3, 0.4) is 0 Å². The summed E-state index contributed by atoms with van der Waals surface area (Å²) in [6.45, 7) is 1.53. The van der Waals surface area contributed by atoms with Crippen molar-refractivity contribution < 1.29 is 5.11 Å². The molecule has 92 valence electrons. The van der Waals surface area contributed by atoms with E-state index in [1.54, 1.807) is 0 Å². The third-order valence-corrected chi connectivity index (χ3v) is 3.65. The van der Waals surface area contributed by atoms with Gasteiger partial charge < -0.3 is 5.11 Å². The molecule has 0 saturated heterocycles. The predicted molar refractivity (Wildman–Crippen MR) is 72.2 cm³/mol. The van der Waals surface area contributed by atoms with Crippen LogP contribution in [0, 0.1) is 0 Å². The Bertz CT molecular complexity index is 552. The maximum absolute atomic E-state index is 11.1. The zero-order valence-electron chi connectivity index (χ0n) is 10.5. The van der Waals surface area contributed by atoms with Crippen molar-refractivity contribution in [3.63, 3.8) is 0 Å². The average Bonchev–Trinajstić information content (AvgIpc) is 2.39. The van der Waals surface area contributed by atoms with Gasteiger partial charge in [-0.05, 0) is 23.7 Å². The smallest absolute Gasteiger partial charge is 0.128 e. The zero-order valence-corrected chi connectivity index (χ0v) is 10.5. The SMILES string of the molecule is CN1Cc2ccccc2[C@](O)(c2ccccc2)C1. The fraction of sp³-hybridized carbons (Fsp3) is 0.250. The van der Waals surface area contributed by atoms with Gasteiger partial charge in [0.1, 0.15) is 5.60 Å². The fourth-order valence-electron chi connectivity index (χ4n) is 2.84. The van der Waals surface area contributed by atoms with Gasteiger partial charge in [-0.3, -0.25) is 4.90 Å². The first kappa shape index (κ1) is 11.5. The molecule has 0 aromatic heterocycles. The van der Waals surface area contributed by atoms with Crippen LogP contribution in [-0.4, -0.2) is 23.6 Å². The molecule has 0 saturated carbocycles. The van der Waals surface area contributed by atoms with Gasteiger partial charge in [0.15, 0.2) is 0 Å². The Morgan fingerprint density at radius 1 is 1.00 bits per heavy atom. The maximum atomic E-state index is 11.1. The highest BCUT2D eigenvalue weighted by Gasteiger charge is 2.37. The lowest BCUT2D eigenvalue weighted by molar-refractivity contribution is 0.0283.